The molecule has 4 aromatic carbocycles. The smallest absolute Gasteiger partial charge is 0.150 e. The van der Waals surface area contributed by atoms with Crippen molar-refractivity contribution < 1.29 is 9.47 Å². The Morgan fingerprint density at radius 2 is 1.55 bits per heavy atom. The Balaban J connectivity index is 1.48. The molecule has 1 unspecified atom stereocenters. The van der Waals surface area contributed by atoms with Gasteiger partial charge in [0.2, 0.25) is 0 Å². The SMILES string of the molecule is CC1(c2ccc3ccccc3c2)C=Cc2c(cc(N3CCOCC3)c3ccccc23)O1. The fourth-order valence-corrected chi connectivity index (χ4v) is 4.83. The third-order valence-electron chi connectivity index (χ3n) is 6.59. The molecule has 0 aromatic heterocycles. The van der Waals surface area contributed by atoms with Gasteiger partial charge in [0.05, 0.1) is 13.2 Å². The first-order valence-electron chi connectivity index (χ1n) is 11.0. The summed E-state index contributed by atoms with van der Waals surface area (Å²) in [7, 11) is 0. The lowest BCUT2D eigenvalue weighted by atomic mass is 9.89. The van der Waals surface area contributed by atoms with Crippen LogP contribution in [0.2, 0.25) is 0 Å². The normalized spacial score (nSPS) is 20.6. The van der Waals surface area contributed by atoms with Crippen molar-refractivity contribution in [2.24, 2.45) is 0 Å². The van der Waals surface area contributed by atoms with Crippen LogP contribution in [0.3, 0.4) is 0 Å². The lowest BCUT2D eigenvalue weighted by Gasteiger charge is -2.35. The third kappa shape index (κ3) is 3.08. The minimum atomic E-state index is -0.512. The van der Waals surface area contributed by atoms with E-state index in [2.05, 4.69) is 96.8 Å². The van der Waals surface area contributed by atoms with Crippen LogP contribution in [-0.2, 0) is 10.3 Å². The van der Waals surface area contributed by atoms with Crippen molar-refractivity contribution in [3.63, 3.8) is 0 Å². The Kier molecular flexibility index (Phi) is 4.25. The molecule has 3 heteroatoms. The Morgan fingerprint density at radius 1 is 0.806 bits per heavy atom. The molecule has 2 aliphatic heterocycles. The van der Waals surface area contributed by atoms with Crippen molar-refractivity contribution in [3.05, 3.63) is 90.0 Å². The van der Waals surface area contributed by atoms with Crippen LogP contribution >= 0.6 is 0 Å². The average molecular weight is 408 g/mol. The highest BCUT2D eigenvalue weighted by molar-refractivity contribution is 6.02. The minimum Gasteiger partial charge on any atom is -0.478 e. The molecule has 2 aliphatic rings. The van der Waals surface area contributed by atoms with E-state index < -0.39 is 5.60 Å². The first kappa shape index (κ1) is 18.5. The van der Waals surface area contributed by atoms with Crippen molar-refractivity contribution in [2.45, 2.75) is 12.5 Å². The maximum atomic E-state index is 6.75. The van der Waals surface area contributed by atoms with Gasteiger partial charge in [0, 0.05) is 35.8 Å². The summed E-state index contributed by atoms with van der Waals surface area (Å²) in [6, 6.07) is 25.9. The number of fused-ring (bicyclic) bond motifs is 4. The quantitative estimate of drug-likeness (QED) is 0.398. The third-order valence-corrected chi connectivity index (χ3v) is 6.59. The van der Waals surface area contributed by atoms with Crippen LogP contribution in [0, 0.1) is 0 Å². The Hall–Kier alpha value is -3.30. The number of anilines is 1. The molecule has 154 valence electrons. The number of hydrogen-bond acceptors (Lipinski definition) is 3. The molecule has 3 nitrogen and oxygen atoms in total. The first-order chi connectivity index (χ1) is 15.2. The van der Waals surface area contributed by atoms with Crippen LogP contribution in [0.1, 0.15) is 18.1 Å². The molecule has 4 aromatic rings. The predicted molar refractivity (Wildman–Crippen MR) is 128 cm³/mol. The molecule has 6 rings (SSSR count). The van der Waals surface area contributed by atoms with Crippen LogP contribution in [0.4, 0.5) is 5.69 Å². The zero-order valence-electron chi connectivity index (χ0n) is 17.7. The zero-order valence-corrected chi connectivity index (χ0v) is 17.7. The second-order valence-electron chi connectivity index (χ2n) is 8.56. The van der Waals surface area contributed by atoms with Crippen molar-refractivity contribution in [1.82, 2.24) is 0 Å². The molecule has 0 bridgehead atoms. The van der Waals surface area contributed by atoms with E-state index in [1.165, 1.54) is 27.2 Å². The van der Waals surface area contributed by atoms with Crippen LogP contribution in [-0.4, -0.2) is 26.3 Å². The van der Waals surface area contributed by atoms with Gasteiger partial charge in [-0.1, -0.05) is 66.7 Å². The summed E-state index contributed by atoms with van der Waals surface area (Å²) in [6.45, 7) is 5.49. The summed E-state index contributed by atoms with van der Waals surface area (Å²) < 4.78 is 12.3. The van der Waals surface area contributed by atoms with Gasteiger partial charge in [0.15, 0.2) is 0 Å². The van der Waals surface area contributed by atoms with Gasteiger partial charge in [0.25, 0.3) is 0 Å². The number of morpholine rings is 1. The lowest BCUT2D eigenvalue weighted by Crippen LogP contribution is -2.36. The van der Waals surface area contributed by atoms with E-state index in [0.29, 0.717) is 0 Å². The second-order valence-corrected chi connectivity index (χ2v) is 8.56. The molecule has 0 saturated carbocycles. The molecule has 0 aliphatic carbocycles. The van der Waals surface area contributed by atoms with Gasteiger partial charge in [-0.15, -0.1) is 0 Å². The summed E-state index contributed by atoms with van der Waals surface area (Å²) in [6.07, 6.45) is 4.43. The fraction of sp³-hybridized carbons (Fsp3) is 0.214. The maximum Gasteiger partial charge on any atom is 0.150 e. The molecule has 1 fully saturated rings. The van der Waals surface area contributed by atoms with Gasteiger partial charge in [0.1, 0.15) is 11.4 Å². The van der Waals surface area contributed by atoms with Crippen LogP contribution in [0.15, 0.2) is 78.9 Å². The van der Waals surface area contributed by atoms with E-state index in [9.17, 15) is 0 Å². The molecule has 1 saturated heterocycles. The van der Waals surface area contributed by atoms with E-state index in [-0.39, 0.29) is 0 Å². The Bertz CT molecular complexity index is 1320. The van der Waals surface area contributed by atoms with Crippen LogP contribution in [0.5, 0.6) is 5.75 Å². The standard InChI is InChI=1S/C28H25NO2/c1-28(22-11-10-20-6-2-3-7-21(20)18-22)13-12-25-23-8-4-5-9-24(23)26(19-27(25)31-28)29-14-16-30-17-15-29/h2-13,18-19H,14-17H2,1H3. The number of rotatable bonds is 2. The summed E-state index contributed by atoms with van der Waals surface area (Å²) in [5.74, 6) is 0.943. The lowest BCUT2D eigenvalue weighted by molar-refractivity contribution is 0.122. The molecule has 2 heterocycles. The Labute approximate surface area is 182 Å². The van der Waals surface area contributed by atoms with Crippen LogP contribution in [0.25, 0.3) is 27.6 Å². The first-order valence-corrected chi connectivity index (χ1v) is 11.0. The molecule has 0 N–H and O–H groups in total. The number of ether oxygens (including phenoxy) is 2. The molecule has 31 heavy (non-hydrogen) atoms. The molecular formula is C28H25NO2. The summed E-state index contributed by atoms with van der Waals surface area (Å²) >= 11 is 0. The van der Waals surface area contributed by atoms with Crippen molar-refractivity contribution in [2.75, 3.05) is 31.2 Å². The number of nitrogens with zero attached hydrogens (tertiary/aromatic N) is 1. The fourth-order valence-electron chi connectivity index (χ4n) is 4.83. The number of benzene rings is 4. The molecule has 0 spiro atoms. The highest BCUT2D eigenvalue weighted by Gasteiger charge is 2.31. The highest BCUT2D eigenvalue weighted by atomic mass is 16.5. The van der Waals surface area contributed by atoms with E-state index >= 15 is 0 Å². The highest BCUT2D eigenvalue weighted by Crippen LogP contribution is 2.44. The van der Waals surface area contributed by atoms with E-state index in [0.717, 1.165) is 43.2 Å². The van der Waals surface area contributed by atoms with Gasteiger partial charge in [-0.2, -0.15) is 0 Å². The van der Waals surface area contributed by atoms with Gasteiger partial charge in [-0.25, -0.2) is 0 Å². The maximum absolute atomic E-state index is 6.75. The average Bonchev–Trinajstić information content (AvgIpc) is 2.83. The zero-order chi connectivity index (χ0) is 20.8. The Morgan fingerprint density at radius 3 is 2.39 bits per heavy atom. The largest absolute Gasteiger partial charge is 0.478 e. The minimum absolute atomic E-state index is 0.512. The summed E-state index contributed by atoms with van der Waals surface area (Å²) in [4.78, 5) is 2.42. The summed E-state index contributed by atoms with van der Waals surface area (Å²) in [5.41, 5.74) is 3.04. The van der Waals surface area contributed by atoms with E-state index in [1.54, 1.807) is 0 Å². The molecule has 1 atom stereocenters. The molecular weight excluding hydrogens is 382 g/mol. The van der Waals surface area contributed by atoms with E-state index in [1.807, 2.05) is 0 Å². The van der Waals surface area contributed by atoms with Crippen LogP contribution < -0.4 is 9.64 Å². The van der Waals surface area contributed by atoms with E-state index in [4.69, 9.17) is 9.47 Å². The van der Waals surface area contributed by atoms with Crippen molar-refractivity contribution >= 4 is 33.3 Å². The molecule has 0 radical (unpaired) electrons. The summed E-state index contributed by atoms with van der Waals surface area (Å²) in [5, 5.41) is 4.98. The van der Waals surface area contributed by atoms with Gasteiger partial charge < -0.3 is 14.4 Å². The topological polar surface area (TPSA) is 21.7 Å². The second kappa shape index (κ2) is 7.14. The van der Waals surface area contributed by atoms with Gasteiger partial charge in [-0.05, 0) is 40.8 Å². The molecule has 0 amide bonds. The number of hydrogen-bond donors (Lipinski definition) is 0. The van der Waals surface area contributed by atoms with Gasteiger partial charge >= 0.3 is 0 Å². The monoisotopic (exact) mass is 407 g/mol. The predicted octanol–water partition coefficient (Wildman–Crippen LogP) is 6.15. The van der Waals surface area contributed by atoms with Crippen molar-refractivity contribution in [1.29, 1.82) is 0 Å². The van der Waals surface area contributed by atoms with Crippen molar-refractivity contribution in [3.8, 4) is 5.75 Å². The van der Waals surface area contributed by atoms with Gasteiger partial charge in [-0.3, -0.25) is 0 Å².